The van der Waals surface area contributed by atoms with Crippen molar-refractivity contribution in [3.05, 3.63) is 102 Å². The molecule has 10 nitrogen and oxygen atoms in total. The Labute approximate surface area is 218 Å². The van der Waals surface area contributed by atoms with Crippen LogP contribution in [0.2, 0.25) is 0 Å². The number of hydrogen-bond acceptors (Lipinski definition) is 6. The maximum absolute atomic E-state index is 13.1. The van der Waals surface area contributed by atoms with Crippen LogP contribution in [0, 0.1) is 6.92 Å². The number of nitrogens with zero attached hydrogens (tertiary/aromatic N) is 3. The lowest BCUT2D eigenvalue weighted by molar-refractivity contribution is 0.0889. The van der Waals surface area contributed by atoms with Crippen LogP contribution in [-0.2, 0) is 11.3 Å². The Morgan fingerprint density at radius 3 is 2.58 bits per heavy atom. The van der Waals surface area contributed by atoms with Crippen molar-refractivity contribution >= 4 is 28.5 Å². The number of carbonyl (C=O) groups excluding carboxylic acids is 2. The number of para-hydroxylation sites is 2. The van der Waals surface area contributed by atoms with Gasteiger partial charge in [-0.05, 0) is 48.4 Å². The number of amides is 2. The summed E-state index contributed by atoms with van der Waals surface area (Å²) in [7, 11) is 0. The van der Waals surface area contributed by atoms with Crippen LogP contribution in [0.4, 0.5) is 5.69 Å². The first-order valence-electron chi connectivity index (χ1n) is 12.0. The predicted molar refractivity (Wildman–Crippen MR) is 142 cm³/mol. The molecule has 2 amide bonds. The molecule has 5 aromatic rings. The molecule has 5 rings (SSSR count). The molecule has 0 spiro atoms. The van der Waals surface area contributed by atoms with Crippen molar-refractivity contribution in [2.45, 2.75) is 13.5 Å². The minimum absolute atomic E-state index is 0.0744. The summed E-state index contributed by atoms with van der Waals surface area (Å²) in [6, 6.07) is 22.6. The number of aromatic amines is 1. The predicted octanol–water partition coefficient (Wildman–Crippen LogP) is 4.00. The molecule has 3 aromatic carbocycles. The summed E-state index contributed by atoms with van der Waals surface area (Å²) in [5.74, 6) is -0.393. The van der Waals surface area contributed by atoms with E-state index in [0.717, 1.165) is 16.6 Å². The maximum Gasteiger partial charge on any atom is 0.276 e. The number of fused-ring (bicyclic) bond motifs is 1. The smallest absolute Gasteiger partial charge is 0.276 e. The molecule has 2 aromatic heterocycles. The minimum atomic E-state index is -0.803. The molecule has 10 heteroatoms. The number of benzene rings is 3. The first-order chi connectivity index (χ1) is 18.5. The number of hydrogen-bond donors (Lipinski definition) is 3. The van der Waals surface area contributed by atoms with Crippen LogP contribution >= 0.6 is 0 Å². The van der Waals surface area contributed by atoms with Crippen LogP contribution in [0.3, 0.4) is 0 Å². The maximum atomic E-state index is 13.1. The highest BCUT2D eigenvalue weighted by Crippen LogP contribution is 2.23. The van der Waals surface area contributed by atoms with Crippen molar-refractivity contribution in [2.24, 2.45) is 5.73 Å². The standard InChI is InChI=1S/C28H26N6O4/c1-18-15-20(38-14-13-37-16-19-7-3-2-4-8-19)11-12-21(18)31-27(36)24-25(26(29)35)34(17-30-24)28-32-22-9-5-6-10-23(22)33-28/h2-12,15,17H,13-14,16H2,1H3,(H2,29,35)(H,31,36)(H,32,33). The lowest BCUT2D eigenvalue weighted by atomic mass is 10.2. The molecule has 4 N–H and O–H groups in total. The molecule has 2 heterocycles. The van der Waals surface area contributed by atoms with Gasteiger partial charge in [-0.2, -0.15) is 0 Å². The fourth-order valence-corrected chi connectivity index (χ4v) is 3.99. The molecule has 192 valence electrons. The van der Waals surface area contributed by atoms with Gasteiger partial charge in [-0.25, -0.2) is 9.97 Å². The zero-order chi connectivity index (χ0) is 26.5. The topological polar surface area (TPSA) is 137 Å². The van der Waals surface area contributed by atoms with Crippen molar-refractivity contribution < 1.29 is 19.1 Å². The third-order valence-corrected chi connectivity index (χ3v) is 5.88. The average molecular weight is 511 g/mol. The molecular formula is C28H26N6O4. The molecule has 0 bridgehead atoms. The number of aryl methyl sites for hydroxylation is 1. The lowest BCUT2D eigenvalue weighted by Crippen LogP contribution is -2.23. The fraction of sp³-hybridized carbons (Fsp3) is 0.143. The summed E-state index contributed by atoms with van der Waals surface area (Å²) < 4.78 is 12.8. The highest BCUT2D eigenvalue weighted by Gasteiger charge is 2.24. The third-order valence-electron chi connectivity index (χ3n) is 5.88. The summed E-state index contributed by atoms with van der Waals surface area (Å²) in [6.07, 6.45) is 1.34. The van der Waals surface area contributed by atoms with Gasteiger partial charge in [0.25, 0.3) is 11.8 Å². The van der Waals surface area contributed by atoms with E-state index in [-0.39, 0.29) is 11.4 Å². The molecule has 0 saturated heterocycles. The first kappa shape index (κ1) is 24.7. The van der Waals surface area contributed by atoms with E-state index in [1.54, 1.807) is 12.1 Å². The quantitative estimate of drug-likeness (QED) is 0.243. The van der Waals surface area contributed by atoms with Crippen molar-refractivity contribution in [2.75, 3.05) is 18.5 Å². The number of aromatic nitrogens is 4. The second-order valence-corrected chi connectivity index (χ2v) is 8.57. The van der Waals surface area contributed by atoms with Crippen LogP contribution in [0.15, 0.2) is 79.1 Å². The molecule has 0 radical (unpaired) electrons. The summed E-state index contributed by atoms with van der Waals surface area (Å²) in [5.41, 5.74) is 9.36. The molecule has 0 atom stereocenters. The van der Waals surface area contributed by atoms with Gasteiger partial charge in [-0.1, -0.05) is 42.5 Å². The van der Waals surface area contributed by atoms with E-state index in [4.69, 9.17) is 15.2 Å². The largest absolute Gasteiger partial charge is 0.491 e. The van der Waals surface area contributed by atoms with Gasteiger partial charge >= 0.3 is 0 Å². The number of ether oxygens (including phenoxy) is 2. The monoisotopic (exact) mass is 510 g/mol. The molecular weight excluding hydrogens is 484 g/mol. The lowest BCUT2D eigenvalue weighted by Gasteiger charge is -2.12. The van der Waals surface area contributed by atoms with Gasteiger partial charge in [0, 0.05) is 5.69 Å². The van der Waals surface area contributed by atoms with E-state index < -0.39 is 11.8 Å². The molecule has 0 aliphatic heterocycles. The first-order valence-corrected chi connectivity index (χ1v) is 12.0. The summed E-state index contributed by atoms with van der Waals surface area (Å²) >= 11 is 0. The van der Waals surface area contributed by atoms with Gasteiger partial charge in [0.05, 0.1) is 24.2 Å². The Kier molecular flexibility index (Phi) is 7.14. The van der Waals surface area contributed by atoms with Crippen molar-refractivity contribution in [1.29, 1.82) is 0 Å². The van der Waals surface area contributed by atoms with Gasteiger partial charge < -0.3 is 25.5 Å². The summed E-state index contributed by atoms with van der Waals surface area (Å²) in [4.78, 5) is 37.1. The van der Waals surface area contributed by atoms with Gasteiger partial charge in [0.15, 0.2) is 5.69 Å². The van der Waals surface area contributed by atoms with Crippen LogP contribution in [0.5, 0.6) is 5.75 Å². The normalized spacial score (nSPS) is 11.0. The van der Waals surface area contributed by atoms with E-state index in [2.05, 4.69) is 20.3 Å². The number of nitrogens with one attached hydrogen (secondary N) is 2. The zero-order valence-electron chi connectivity index (χ0n) is 20.7. The molecule has 38 heavy (non-hydrogen) atoms. The van der Waals surface area contributed by atoms with Crippen molar-refractivity contribution in [3.63, 3.8) is 0 Å². The number of rotatable bonds is 10. The Morgan fingerprint density at radius 2 is 1.82 bits per heavy atom. The molecule has 0 aliphatic rings. The molecule has 0 fully saturated rings. The molecule has 0 saturated carbocycles. The summed E-state index contributed by atoms with van der Waals surface area (Å²) in [5, 5.41) is 2.80. The second-order valence-electron chi connectivity index (χ2n) is 8.57. The van der Waals surface area contributed by atoms with Gasteiger partial charge in [-0.3, -0.25) is 14.2 Å². The van der Waals surface area contributed by atoms with Gasteiger partial charge in [0.1, 0.15) is 24.4 Å². The number of carbonyl (C=O) groups is 2. The number of imidazole rings is 2. The van der Waals surface area contributed by atoms with Gasteiger partial charge in [-0.15, -0.1) is 0 Å². The fourth-order valence-electron chi connectivity index (χ4n) is 3.99. The van der Waals surface area contributed by atoms with E-state index in [9.17, 15) is 9.59 Å². The van der Waals surface area contributed by atoms with Gasteiger partial charge in [0.2, 0.25) is 5.95 Å². The Balaban J connectivity index is 1.23. The second kappa shape index (κ2) is 11.0. The Morgan fingerprint density at radius 1 is 1.03 bits per heavy atom. The van der Waals surface area contributed by atoms with E-state index in [0.29, 0.717) is 42.7 Å². The average Bonchev–Trinajstić information content (AvgIpc) is 3.55. The number of H-pyrrole nitrogens is 1. The van der Waals surface area contributed by atoms with Crippen molar-refractivity contribution in [3.8, 4) is 11.7 Å². The number of primary amides is 1. The minimum Gasteiger partial charge on any atom is -0.491 e. The van der Waals surface area contributed by atoms with Crippen LogP contribution in [0.1, 0.15) is 32.1 Å². The van der Waals surface area contributed by atoms with E-state index in [1.807, 2.05) is 67.6 Å². The molecule has 0 aliphatic carbocycles. The summed E-state index contributed by atoms with van der Waals surface area (Å²) in [6.45, 7) is 3.19. The van der Waals surface area contributed by atoms with Crippen LogP contribution < -0.4 is 15.8 Å². The Hall–Kier alpha value is -4.96. The van der Waals surface area contributed by atoms with Crippen molar-refractivity contribution in [1.82, 2.24) is 19.5 Å². The van der Waals surface area contributed by atoms with E-state index in [1.165, 1.54) is 10.9 Å². The molecule has 0 unspecified atom stereocenters. The SMILES string of the molecule is Cc1cc(OCCOCc2ccccc2)ccc1NC(=O)c1ncn(-c2nc3ccccc3[nH]2)c1C(N)=O. The number of anilines is 1. The van der Waals surface area contributed by atoms with Crippen LogP contribution in [0.25, 0.3) is 17.0 Å². The zero-order valence-corrected chi connectivity index (χ0v) is 20.7. The highest BCUT2D eigenvalue weighted by molar-refractivity contribution is 6.10. The third kappa shape index (κ3) is 5.40. The Bertz CT molecular complexity index is 1560. The number of nitrogens with two attached hydrogens (primary N) is 1. The van der Waals surface area contributed by atoms with Crippen LogP contribution in [-0.4, -0.2) is 44.5 Å². The van der Waals surface area contributed by atoms with E-state index >= 15 is 0 Å². The highest BCUT2D eigenvalue weighted by atomic mass is 16.5.